The summed E-state index contributed by atoms with van der Waals surface area (Å²) in [4.78, 5) is 30.9. The van der Waals surface area contributed by atoms with Gasteiger partial charge in [0.15, 0.2) is 11.4 Å². The molecule has 12 heteroatoms. The topological polar surface area (TPSA) is 147 Å². The zero-order valence-corrected chi connectivity index (χ0v) is 20.7. The number of hydrogen-bond acceptors (Lipinski definition) is 10. The Morgan fingerprint density at radius 1 is 1.13 bits per heavy atom. The van der Waals surface area contributed by atoms with Gasteiger partial charge < -0.3 is 24.8 Å². The van der Waals surface area contributed by atoms with E-state index in [1.807, 2.05) is 29.2 Å². The predicted octanol–water partition coefficient (Wildman–Crippen LogP) is 1.24. The van der Waals surface area contributed by atoms with Crippen LogP contribution in [0.5, 0.6) is 5.88 Å². The summed E-state index contributed by atoms with van der Waals surface area (Å²) in [6, 6.07) is 11.0. The first-order valence-electron chi connectivity index (χ1n) is 12.0. The van der Waals surface area contributed by atoms with Crippen LogP contribution in [0.15, 0.2) is 48.7 Å². The summed E-state index contributed by atoms with van der Waals surface area (Å²) >= 11 is 0. The Labute approximate surface area is 217 Å². The third-order valence-corrected chi connectivity index (χ3v) is 6.68. The number of carbonyl (C=O) groups excluding carboxylic acids is 2. The molecule has 1 spiro atoms. The van der Waals surface area contributed by atoms with Gasteiger partial charge in [-0.3, -0.25) is 14.6 Å². The minimum Gasteiger partial charge on any atom is -0.470 e. The number of methoxy groups -OCH3 is 1. The lowest BCUT2D eigenvalue weighted by Gasteiger charge is -2.54. The predicted molar refractivity (Wildman–Crippen MR) is 135 cm³/mol. The van der Waals surface area contributed by atoms with Crippen molar-refractivity contribution in [3.8, 4) is 5.88 Å². The highest BCUT2D eigenvalue weighted by Crippen LogP contribution is 2.38. The maximum atomic E-state index is 12.7. The van der Waals surface area contributed by atoms with Crippen molar-refractivity contribution in [2.24, 2.45) is 11.1 Å². The average Bonchev–Trinajstić information content (AvgIpc) is 3.30. The molecule has 0 aliphatic carbocycles. The van der Waals surface area contributed by atoms with Crippen molar-refractivity contribution >= 4 is 33.8 Å². The first kappa shape index (κ1) is 23.9. The first-order valence-corrected chi connectivity index (χ1v) is 12.0. The van der Waals surface area contributed by atoms with Gasteiger partial charge in [0.2, 0.25) is 11.7 Å². The van der Waals surface area contributed by atoms with E-state index in [1.165, 1.54) is 17.7 Å². The fourth-order valence-electron chi connectivity index (χ4n) is 4.70. The summed E-state index contributed by atoms with van der Waals surface area (Å²) in [5, 5.41) is 14.4. The zero-order valence-electron chi connectivity index (χ0n) is 20.7. The van der Waals surface area contributed by atoms with E-state index in [0.29, 0.717) is 22.8 Å². The first-order chi connectivity index (χ1) is 18.5. The van der Waals surface area contributed by atoms with E-state index in [9.17, 15) is 9.59 Å². The van der Waals surface area contributed by atoms with Gasteiger partial charge in [-0.1, -0.05) is 18.2 Å². The van der Waals surface area contributed by atoms with Crippen molar-refractivity contribution in [2.45, 2.75) is 6.61 Å². The Morgan fingerprint density at radius 2 is 1.92 bits per heavy atom. The van der Waals surface area contributed by atoms with Crippen LogP contribution in [0, 0.1) is 5.41 Å². The molecule has 0 unspecified atom stereocenters. The SMILES string of the molecule is COCC(=O)C=C(N)c1nnc2c3ccccc3c(OCc3ccc(C(=O)N4CC5(COC5)C4)cn3)nn12. The van der Waals surface area contributed by atoms with Gasteiger partial charge in [-0.15, -0.1) is 15.3 Å². The van der Waals surface area contributed by atoms with E-state index in [4.69, 9.17) is 19.9 Å². The number of nitrogens with zero attached hydrogens (tertiary/aromatic N) is 6. The molecule has 2 aliphatic heterocycles. The minimum atomic E-state index is -0.308. The molecule has 0 bridgehead atoms. The number of rotatable bonds is 8. The normalized spacial score (nSPS) is 16.4. The Morgan fingerprint density at radius 3 is 2.61 bits per heavy atom. The third-order valence-electron chi connectivity index (χ3n) is 6.68. The van der Waals surface area contributed by atoms with Gasteiger partial charge in [0, 0.05) is 43.2 Å². The van der Waals surface area contributed by atoms with Crippen molar-refractivity contribution in [1.82, 2.24) is 29.7 Å². The molecule has 12 nitrogen and oxygen atoms in total. The van der Waals surface area contributed by atoms with Crippen molar-refractivity contribution < 1.29 is 23.8 Å². The van der Waals surface area contributed by atoms with Crippen molar-refractivity contribution in [3.05, 3.63) is 65.8 Å². The van der Waals surface area contributed by atoms with Crippen molar-refractivity contribution in [3.63, 3.8) is 0 Å². The lowest BCUT2D eigenvalue weighted by Crippen LogP contribution is -2.67. The van der Waals surface area contributed by atoms with Crippen LogP contribution in [0.2, 0.25) is 0 Å². The molecule has 38 heavy (non-hydrogen) atoms. The average molecular weight is 516 g/mol. The van der Waals surface area contributed by atoms with E-state index in [2.05, 4.69) is 20.3 Å². The summed E-state index contributed by atoms with van der Waals surface area (Å²) in [6.45, 7) is 2.92. The second-order valence-electron chi connectivity index (χ2n) is 9.59. The summed E-state index contributed by atoms with van der Waals surface area (Å²) in [6.07, 6.45) is 2.81. The number of benzene rings is 1. The van der Waals surface area contributed by atoms with Gasteiger partial charge in [0.25, 0.3) is 5.91 Å². The summed E-state index contributed by atoms with van der Waals surface area (Å²) < 4.78 is 17.6. The molecule has 5 heterocycles. The van der Waals surface area contributed by atoms with Crippen LogP contribution in [0.1, 0.15) is 21.9 Å². The molecule has 1 amide bonds. The van der Waals surface area contributed by atoms with Gasteiger partial charge in [-0.05, 0) is 18.2 Å². The fourth-order valence-corrected chi connectivity index (χ4v) is 4.70. The Bertz CT molecular complexity index is 1570. The van der Waals surface area contributed by atoms with Crippen LogP contribution >= 0.6 is 0 Å². The summed E-state index contributed by atoms with van der Waals surface area (Å²) in [5.74, 6) is 0.191. The smallest absolute Gasteiger partial charge is 0.255 e. The second kappa shape index (κ2) is 9.47. The van der Waals surface area contributed by atoms with Gasteiger partial charge >= 0.3 is 0 Å². The van der Waals surface area contributed by atoms with Crippen LogP contribution in [0.4, 0.5) is 0 Å². The lowest BCUT2D eigenvalue weighted by molar-refractivity contribution is -0.176. The van der Waals surface area contributed by atoms with Gasteiger partial charge in [-0.2, -0.15) is 4.52 Å². The third kappa shape index (κ3) is 4.23. The van der Waals surface area contributed by atoms with Crippen molar-refractivity contribution in [2.75, 3.05) is 40.0 Å². The van der Waals surface area contributed by atoms with Crippen LogP contribution < -0.4 is 10.5 Å². The van der Waals surface area contributed by atoms with Crippen LogP contribution in [-0.4, -0.2) is 81.4 Å². The molecule has 2 fully saturated rings. The van der Waals surface area contributed by atoms with E-state index in [0.717, 1.165) is 37.1 Å². The number of likely N-dealkylation sites (tertiary alicyclic amines) is 1. The van der Waals surface area contributed by atoms with Crippen LogP contribution in [0.3, 0.4) is 0 Å². The number of pyridine rings is 1. The highest BCUT2D eigenvalue weighted by Gasteiger charge is 2.50. The molecule has 4 aromatic rings. The highest BCUT2D eigenvalue weighted by molar-refractivity contribution is 5.98. The Hall–Kier alpha value is -4.42. The monoisotopic (exact) mass is 515 g/mol. The maximum absolute atomic E-state index is 12.7. The lowest BCUT2D eigenvalue weighted by atomic mass is 9.78. The number of ether oxygens (including phenoxy) is 3. The highest BCUT2D eigenvalue weighted by atomic mass is 16.5. The fraction of sp³-hybridized carbons (Fsp3) is 0.308. The van der Waals surface area contributed by atoms with Crippen LogP contribution in [0.25, 0.3) is 22.1 Å². The summed E-state index contributed by atoms with van der Waals surface area (Å²) in [5.41, 5.74) is 8.04. The van der Waals surface area contributed by atoms with E-state index in [1.54, 1.807) is 18.3 Å². The minimum absolute atomic E-state index is 0.0321. The number of amides is 1. The molecule has 194 valence electrons. The molecule has 0 saturated carbocycles. The van der Waals surface area contributed by atoms with Crippen molar-refractivity contribution in [1.29, 1.82) is 0 Å². The van der Waals surface area contributed by atoms with E-state index in [-0.39, 0.29) is 41.8 Å². The largest absolute Gasteiger partial charge is 0.470 e. The van der Waals surface area contributed by atoms with E-state index < -0.39 is 0 Å². The molecule has 6 rings (SSSR count). The Balaban J connectivity index is 1.22. The maximum Gasteiger partial charge on any atom is 0.255 e. The molecule has 0 radical (unpaired) electrons. The molecule has 0 atom stereocenters. The standard InChI is InChI=1S/C26H25N7O5/c1-36-11-18(34)8-21(27)23-30-29-22-19-4-2-3-5-20(19)24(31-33(22)23)38-10-17-7-6-16(9-28-17)25(35)32-12-26(13-32)14-37-15-26/h2-9H,10-15,27H2,1H3. The molecule has 2 saturated heterocycles. The Kier molecular flexibility index (Phi) is 5.97. The van der Waals surface area contributed by atoms with E-state index >= 15 is 0 Å². The number of carbonyl (C=O) groups is 2. The quantitative estimate of drug-likeness (QED) is 0.340. The number of nitrogens with two attached hydrogens (primary N) is 1. The summed E-state index contributed by atoms with van der Waals surface area (Å²) in [7, 11) is 1.43. The molecular formula is C26H25N7O5. The van der Waals surface area contributed by atoms with Crippen LogP contribution in [-0.2, 0) is 20.9 Å². The van der Waals surface area contributed by atoms with Gasteiger partial charge in [0.1, 0.15) is 13.2 Å². The molecule has 2 N–H and O–H groups in total. The molecule has 2 aliphatic rings. The number of ketones is 1. The molecule has 1 aromatic carbocycles. The van der Waals surface area contributed by atoms with Gasteiger partial charge in [-0.25, -0.2) is 0 Å². The second-order valence-corrected chi connectivity index (χ2v) is 9.59. The molecular weight excluding hydrogens is 490 g/mol. The van der Waals surface area contributed by atoms with Gasteiger partial charge in [0.05, 0.1) is 35.6 Å². The number of hydrogen-bond donors (Lipinski definition) is 1. The molecule has 3 aromatic heterocycles. The zero-order chi connectivity index (χ0) is 26.3. The number of fused-ring (bicyclic) bond motifs is 3. The number of aromatic nitrogens is 5.